The fourth-order valence-corrected chi connectivity index (χ4v) is 1.94. The second-order valence-corrected chi connectivity index (χ2v) is 4.33. The lowest BCUT2D eigenvalue weighted by Crippen LogP contribution is -2.42. The Morgan fingerprint density at radius 3 is 2.40 bits per heavy atom. The second-order valence-electron chi connectivity index (χ2n) is 4.33. The monoisotopic (exact) mass is 273 g/mol. The lowest BCUT2D eigenvalue weighted by atomic mass is 10.2. The van der Waals surface area contributed by atoms with E-state index in [9.17, 15) is 9.59 Å². The number of likely N-dealkylation sites (N-methyl/N-ethyl adjacent to an activating group) is 1. The highest BCUT2D eigenvalue weighted by molar-refractivity contribution is 5.97. The van der Waals surface area contributed by atoms with Crippen LogP contribution in [0.4, 0.5) is 5.69 Å². The van der Waals surface area contributed by atoms with E-state index in [4.69, 9.17) is 5.26 Å². The maximum Gasteiger partial charge on any atom is 0.242 e. The molecule has 0 aromatic heterocycles. The summed E-state index contributed by atoms with van der Waals surface area (Å²) in [6.45, 7) is 6.42. The molecule has 1 aromatic rings. The zero-order valence-corrected chi connectivity index (χ0v) is 12.1. The lowest BCUT2D eigenvalue weighted by molar-refractivity contribution is -0.130. The number of nitriles is 1. The van der Waals surface area contributed by atoms with Crippen molar-refractivity contribution in [3.05, 3.63) is 29.8 Å². The molecule has 0 fully saturated rings. The first kappa shape index (κ1) is 15.7. The van der Waals surface area contributed by atoms with Crippen LogP contribution in [0.5, 0.6) is 0 Å². The summed E-state index contributed by atoms with van der Waals surface area (Å²) in [5.41, 5.74) is 1.03. The normalized spacial score (nSPS) is 9.70. The minimum Gasteiger partial charge on any atom is -0.342 e. The van der Waals surface area contributed by atoms with Crippen molar-refractivity contribution < 1.29 is 9.59 Å². The molecule has 0 spiro atoms. The predicted molar refractivity (Wildman–Crippen MR) is 77.1 cm³/mol. The molecular weight excluding hydrogens is 254 g/mol. The molecule has 1 rings (SSSR count). The highest BCUT2D eigenvalue weighted by Crippen LogP contribution is 2.16. The van der Waals surface area contributed by atoms with Crippen LogP contribution in [0.3, 0.4) is 0 Å². The van der Waals surface area contributed by atoms with Gasteiger partial charge in [0.15, 0.2) is 0 Å². The Bertz CT molecular complexity index is 530. The number of hydrogen-bond donors (Lipinski definition) is 0. The van der Waals surface area contributed by atoms with Crippen LogP contribution in [-0.4, -0.2) is 36.3 Å². The molecule has 20 heavy (non-hydrogen) atoms. The van der Waals surface area contributed by atoms with Crippen LogP contribution in [0.15, 0.2) is 24.3 Å². The van der Waals surface area contributed by atoms with E-state index in [-0.39, 0.29) is 18.4 Å². The summed E-state index contributed by atoms with van der Waals surface area (Å²) in [4.78, 5) is 26.9. The Balaban J connectivity index is 2.98. The van der Waals surface area contributed by atoms with Crippen molar-refractivity contribution >= 4 is 17.5 Å². The molecule has 1 aromatic carbocycles. The fraction of sp³-hybridized carbons (Fsp3) is 0.400. The zero-order valence-electron chi connectivity index (χ0n) is 12.1. The molecule has 0 radical (unpaired) electrons. The van der Waals surface area contributed by atoms with Crippen molar-refractivity contribution in [1.29, 1.82) is 5.26 Å². The molecule has 0 unspecified atom stereocenters. The average molecular weight is 273 g/mol. The first-order chi connectivity index (χ1) is 9.53. The van der Waals surface area contributed by atoms with Gasteiger partial charge >= 0.3 is 0 Å². The molecule has 0 saturated carbocycles. The molecule has 0 heterocycles. The molecular formula is C15H19N3O2. The van der Waals surface area contributed by atoms with Gasteiger partial charge in [-0.2, -0.15) is 5.26 Å². The molecule has 0 N–H and O–H groups in total. The van der Waals surface area contributed by atoms with Gasteiger partial charge in [-0.05, 0) is 32.0 Å². The van der Waals surface area contributed by atoms with Gasteiger partial charge in [0.2, 0.25) is 11.8 Å². The number of carbonyl (C=O) groups excluding carboxylic acids is 2. The molecule has 0 saturated heterocycles. The summed E-state index contributed by atoms with van der Waals surface area (Å²) in [5, 5.41) is 8.90. The van der Waals surface area contributed by atoms with Crippen molar-refractivity contribution in [2.75, 3.05) is 24.5 Å². The van der Waals surface area contributed by atoms with E-state index in [1.165, 1.54) is 11.8 Å². The van der Waals surface area contributed by atoms with E-state index in [0.717, 1.165) is 0 Å². The van der Waals surface area contributed by atoms with E-state index in [2.05, 4.69) is 0 Å². The Hall–Kier alpha value is -2.35. The van der Waals surface area contributed by atoms with Gasteiger partial charge < -0.3 is 9.80 Å². The van der Waals surface area contributed by atoms with Gasteiger partial charge in [-0.3, -0.25) is 9.59 Å². The van der Waals surface area contributed by atoms with Gasteiger partial charge in [0.05, 0.1) is 11.6 Å². The summed E-state index contributed by atoms with van der Waals surface area (Å²) < 4.78 is 0. The highest BCUT2D eigenvalue weighted by atomic mass is 16.2. The number of hydrogen-bond acceptors (Lipinski definition) is 3. The van der Waals surface area contributed by atoms with Crippen LogP contribution in [0.2, 0.25) is 0 Å². The number of benzene rings is 1. The summed E-state index contributed by atoms with van der Waals surface area (Å²) in [7, 11) is 0. The van der Waals surface area contributed by atoms with E-state index in [1.807, 2.05) is 19.9 Å². The van der Waals surface area contributed by atoms with Gasteiger partial charge in [-0.15, -0.1) is 0 Å². The predicted octanol–water partition coefficient (Wildman–Crippen LogP) is 1.78. The Labute approximate surface area is 119 Å². The smallest absolute Gasteiger partial charge is 0.242 e. The minimum absolute atomic E-state index is 0.00804. The average Bonchev–Trinajstić information content (AvgIpc) is 2.45. The van der Waals surface area contributed by atoms with Crippen molar-refractivity contribution in [1.82, 2.24) is 4.90 Å². The quantitative estimate of drug-likeness (QED) is 0.821. The Kier molecular flexibility index (Phi) is 5.73. The number of rotatable bonds is 5. The van der Waals surface area contributed by atoms with E-state index >= 15 is 0 Å². The van der Waals surface area contributed by atoms with Crippen LogP contribution >= 0.6 is 0 Å². The first-order valence-corrected chi connectivity index (χ1v) is 6.59. The molecule has 0 bridgehead atoms. The van der Waals surface area contributed by atoms with Gasteiger partial charge in [0.1, 0.15) is 6.54 Å². The standard InChI is InChI=1S/C15H19N3O2/c1-4-17(5-2)15(20)11-18(12(3)19)14-8-6-7-13(9-14)10-16/h6-9H,4-5,11H2,1-3H3. The largest absolute Gasteiger partial charge is 0.342 e. The summed E-state index contributed by atoms with van der Waals surface area (Å²) in [6, 6.07) is 8.72. The van der Waals surface area contributed by atoms with Crippen molar-refractivity contribution in [3.8, 4) is 6.07 Å². The number of nitrogens with zero attached hydrogens (tertiary/aromatic N) is 3. The number of anilines is 1. The van der Waals surface area contributed by atoms with E-state index in [0.29, 0.717) is 24.3 Å². The van der Waals surface area contributed by atoms with Crippen molar-refractivity contribution in [3.63, 3.8) is 0 Å². The lowest BCUT2D eigenvalue weighted by Gasteiger charge is -2.25. The SMILES string of the molecule is CCN(CC)C(=O)CN(C(C)=O)c1cccc(C#N)c1. The van der Waals surface area contributed by atoms with Gasteiger partial charge in [-0.25, -0.2) is 0 Å². The van der Waals surface area contributed by atoms with Crippen LogP contribution in [0.1, 0.15) is 26.3 Å². The minimum atomic E-state index is -0.222. The second kappa shape index (κ2) is 7.29. The van der Waals surface area contributed by atoms with Gasteiger partial charge in [-0.1, -0.05) is 6.07 Å². The van der Waals surface area contributed by atoms with E-state index < -0.39 is 0 Å². The molecule has 0 aliphatic heterocycles. The van der Waals surface area contributed by atoms with Crippen LogP contribution < -0.4 is 4.90 Å². The van der Waals surface area contributed by atoms with Crippen LogP contribution in [-0.2, 0) is 9.59 Å². The molecule has 5 nitrogen and oxygen atoms in total. The van der Waals surface area contributed by atoms with Crippen LogP contribution in [0.25, 0.3) is 0 Å². The topological polar surface area (TPSA) is 64.4 Å². The molecule has 0 atom stereocenters. The number of carbonyl (C=O) groups is 2. The fourth-order valence-electron chi connectivity index (χ4n) is 1.94. The third kappa shape index (κ3) is 3.82. The van der Waals surface area contributed by atoms with Crippen molar-refractivity contribution in [2.24, 2.45) is 0 Å². The third-order valence-corrected chi connectivity index (χ3v) is 3.08. The van der Waals surface area contributed by atoms with E-state index in [1.54, 1.807) is 29.2 Å². The molecule has 5 heteroatoms. The van der Waals surface area contributed by atoms with Gasteiger partial charge in [0, 0.05) is 25.7 Å². The van der Waals surface area contributed by atoms with Gasteiger partial charge in [0.25, 0.3) is 0 Å². The summed E-state index contributed by atoms with van der Waals surface area (Å²) in [5.74, 6) is -0.326. The van der Waals surface area contributed by atoms with Crippen molar-refractivity contribution in [2.45, 2.75) is 20.8 Å². The first-order valence-electron chi connectivity index (χ1n) is 6.59. The maximum atomic E-state index is 12.1. The highest BCUT2D eigenvalue weighted by Gasteiger charge is 2.19. The maximum absolute atomic E-state index is 12.1. The third-order valence-electron chi connectivity index (χ3n) is 3.08. The molecule has 2 amide bonds. The molecule has 106 valence electrons. The number of amides is 2. The molecule has 0 aliphatic carbocycles. The summed E-state index contributed by atoms with van der Waals surface area (Å²) in [6.07, 6.45) is 0. The Morgan fingerprint density at radius 2 is 1.90 bits per heavy atom. The van der Waals surface area contributed by atoms with Crippen LogP contribution in [0, 0.1) is 11.3 Å². The zero-order chi connectivity index (χ0) is 15.1. The molecule has 0 aliphatic rings. The summed E-state index contributed by atoms with van der Waals surface area (Å²) >= 11 is 0. The Morgan fingerprint density at radius 1 is 1.25 bits per heavy atom.